The topological polar surface area (TPSA) is 58.2 Å². The molecule has 4 heteroatoms. The number of hydrogen-bond acceptors (Lipinski definition) is 2. The van der Waals surface area contributed by atoms with Crippen LogP contribution in [0.2, 0.25) is 0 Å². The van der Waals surface area contributed by atoms with Gasteiger partial charge in [0, 0.05) is 24.9 Å². The summed E-state index contributed by atoms with van der Waals surface area (Å²) in [5.41, 5.74) is 0. The van der Waals surface area contributed by atoms with E-state index in [1.54, 1.807) is 0 Å². The van der Waals surface area contributed by atoms with Crippen molar-refractivity contribution in [3.05, 3.63) is 24.3 Å². The molecule has 0 saturated heterocycles. The average Bonchev–Trinajstić information content (AvgIpc) is 3.30. The Balaban J connectivity index is 1.17. The maximum absolute atomic E-state index is 12.2. The molecule has 0 aromatic rings. The van der Waals surface area contributed by atoms with Crippen molar-refractivity contribution in [2.24, 2.45) is 35.5 Å². The summed E-state index contributed by atoms with van der Waals surface area (Å²) in [6, 6.07) is 0. The Morgan fingerprint density at radius 2 is 1.18 bits per heavy atom. The normalized spacial score (nSPS) is 40.4. The summed E-state index contributed by atoms with van der Waals surface area (Å²) < 4.78 is 0. The fourth-order valence-electron chi connectivity index (χ4n) is 4.80. The molecular formula is C18H24N2O2. The van der Waals surface area contributed by atoms with Crippen LogP contribution in [0.15, 0.2) is 24.3 Å². The standard InChI is InChI=1S/C18H24N2O2/c21-17(15-9-11-1-3-13(15)7-11)19-5-6-20-18(22)16-10-12-2-4-14(16)8-12/h1-4,11-16H,5-10H2,(H,19,21)(H,20,22). The van der Waals surface area contributed by atoms with Gasteiger partial charge in [-0.2, -0.15) is 0 Å². The lowest BCUT2D eigenvalue weighted by Gasteiger charge is -2.19. The molecule has 4 aliphatic carbocycles. The van der Waals surface area contributed by atoms with Gasteiger partial charge in [-0.3, -0.25) is 9.59 Å². The predicted molar refractivity (Wildman–Crippen MR) is 83.7 cm³/mol. The molecule has 2 saturated carbocycles. The minimum absolute atomic E-state index is 0.154. The van der Waals surface area contributed by atoms with Crippen molar-refractivity contribution in [1.29, 1.82) is 0 Å². The summed E-state index contributed by atoms with van der Waals surface area (Å²) in [5.74, 6) is 2.75. The van der Waals surface area contributed by atoms with E-state index in [0.29, 0.717) is 36.8 Å². The molecule has 22 heavy (non-hydrogen) atoms. The molecule has 0 heterocycles. The molecule has 118 valence electrons. The molecule has 2 amide bonds. The summed E-state index contributed by atoms with van der Waals surface area (Å²) >= 11 is 0. The Bertz CT molecular complexity index is 491. The van der Waals surface area contributed by atoms with Crippen molar-refractivity contribution in [3.63, 3.8) is 0 Å². The van der Waals surface area contributed by atoms with E-state index >= 15 is 0 Å². The van der Waals surface area contributed by atoms with Gasteiger partial charge < -0.3 is 10.6 Å². The molecule has 6 unspecified atom stereocenters. The quantitative estimate of drug-likeness (QED) is 0.599. The molecule has 2 fully saturated rings. The Kier molecular flexibility index (Phi) is 3.55. The molecule has 0 aromatic heterocycles. The number of carbonyl (C=O) groups excluding carboxylic acids is 2. The van der Waals surface area contributed by atoms with Gasteiger partial charge in [-0.15, -0.1) is 0 Å². The number of rotatable bonds is 5. The first kappa shape index (κ1) is 14.0. The van der Waals surface area contributed by atoms with E-state index in [-0.39, 0.29) is 23.7 Å². The second kappa shape index (κ2) is 5.56. The molecule has 4 aliphatic rings. The van der Waals surface area contributed by atoms with Crippen LogP contribution in [0.5, 0.6) is 0 Å². The fraction of sp³-hybridized carbons (Fsp3) is 0.667. The molecule has 4 nitrogen and oxygen atoms in total. The van der Waals surface area contributed by atoms with E-state index < -0.39 is 0 Å². The van der Waals surface area contributed by atoms with Gasteiger partial charge in [-0.05, 0) is 49.4 Å². The fourth-order valence-corrected chi connectivity index (χ4v) is 4.80. The first-order valence-corrected chi connectivity index (χ1v) is 8.63. The predicted octanol–water partition coefficient (Wildman–Crippen LogP) is 1.64. The van der Waals surface area contributed by atoms with Gasteiger partial charge in [0.1, 0.15) is 0 Å². The number of amides is 2. The monoisotopic (exact) mass is 300 g/mol. The largest absolute Gasteiger partial charge is 0.354 e. The molecule has 6 atom stereocenters. The molecule has 0 aromatic carbocycles. The van der Waals surface area contributed by atoms with E-state index in [0.717, 1.165) is 25.7 Å². The lowest BCUT2D eigenvalue weighted by atomic mass is 9.92. The zero-order valence-corrected chi connectivity index (χ0v) is 12.8. The van der Waals surface area contributed by atoms with Crippen molar-refractivity contribution < 1.29 is 9.59 Å². The van der Waals surface area contributed by atoms with E-state index in [1.165, 1.54) is 0 Å². The summed E-state index contributed by atoms with van der Waals surface area (Å²) in [7, 11) is 0. The molecule has 0 spiro atoms. The van der Waals surface area contributed by atoms with E-state index in [1.807, 2.05) is 0 Å². The van der Waals surface area contributed by atoms with Crippen LogP contribution in [0.25, 0.3) is 0 Å². The van der Waals surface area contributed by atoms with Crippen LogP contribution in [-0.4, -0.2) is 24.9 Å². The minimum atomic E-state index is 0.154. The van der Waals surface area contributed by atoms with Crippen LogP contribution < -0.4 is 10.6 Å². The Morgan fingerprint density at radius 3 is 1.50 bits per heavy atom. The lowest BCUT2D eigenvalue weighted by Crippen LogP contribution is -2.40. The highest BCUT2D eigenvalue weighted by Gasteiger charge is 2.40. The first-order valence-electron chi connectivity index (χ1n) is 8.63. The lowest BCUT2D eigenvalue weighted by molar-refractivity contribution is -0.127. The van der Waals surface area contributed by atoms with Gasteiger partial charge in [0.05, 0.1) is 0 Å². The van der Waals surface area contributed by atoms with Gasteiger partial charge in [-0.25, -0.2) is 0 Å². The third-order valence-electron chi connectivity index (χ3n) is 5.95. The van der Waals surface area contributed by atoms with Crippen molar-refractivity contribution in [3.8, 4) is 0 Å². The van der Waals surface area contributed by atoms with Crippen LogP contribution in [0.1, 0.15) is 25.7 Å². The van der Waals surface area contributed by atoms with E-state index in [9.17, 15) is 9.59 Å². The third-order valence-corrected chi connectivity index (χ3v) is 5.95. The van der Waals surface area contributed by atoms with Gasteiger partial charge >= 0.3 is 0 Å². The molecule has 2 N–H and O–H groups in total. The van der Waals surface area contributed by atoms with Crippen LogP contribution in [0, 0.1) is 35.5 Å². The number of allylic oxidation sites excluding steroid dienone is 4. The average molecular weight is 300 g/mol. The van der Waals surface area contributed by atoms with Crippen molar-refractivity contribution in [2.75, 3.05) is 13.1 Å². The summed E-state index contributed by atoms with van der Waals surface area (Å²) in [6.07, 6.45) is 13.2. The van der Waals surface area contributed by atoms with Crippen molar-refractivity contribution in [2.45, 2.75) is 25.7 Å². The molecular weight excluding hydrogens is 276 g/mol. The van der Waals surface area contributed by atoms with Gasteiger partial charge in [-0.1, -0.05) is 24.3 Å². The van der Waals surface area contributed by atoms with Crippen LogP contribution in [0.3, 0.4) is 0 Å². The number of nitrogens with one attached hydrogen (secondary N) is 2. The Morgan fingerprint density at radius 1 is 0.727 bits per heavy atom. The SMILES string of the molecule is O=C(NCCNC(=O)C1CC2C=CC1C2)C1CC2C=CC1C2. The van der Waals surface area contributed by atoms with Crippen LogP contribution in [0.4, 0.5) is 0 Å². The molecule has 4 rings (SSSR count). The van der Waals surface area contributed by atoms with E-state index in [4.69, 9.17) is 0 Å². The number of carbonyl (C=O) groups is 2. The number of fused-ring (bicyclic) bond motifs is 4. The van der Waals surface area contributed by atoms with Crippen molar-refractivity contribution >= 4 is 11.8 Å². The highest BCUT2D eigenvalue weighted by Crippen LogP contribution is 2.44. The van der Waals surface area contributed by atoms with Crippen molar-refractivity contribution in [1.82, 2.24) is 10.6 Å². The molecule has 0 aliphatic heterocycles. The molecule has 4 bridgehead atoms. The number of hydrogen-bond donors (Lipinski definition) is 2. The first-order chi connectivity index (χ1) is 10.7. The Hall–Kier alpha value is -1.58. The van der Waals surface area contributed by atoms with Gasteiger partial charge in [0.2, 0.25) is 11.8 Å². The summed E-state index contributed by atoms with van der Waals surface area (Å²) in [6.45, 7) is 1.08. The summed E-state index contributed by atoms with van der Waals surface area (Å²) in [5, 5.41) is 5.98. The van der Waals surface area contributed by atoms with Crippen LogP contribution in [-0.2, 0) is 9.59 Å². The van der Waals surface area contributed by atoms with Gasteiger partial charge in [0.25, 0.3) is 0 Å². The second-order valence-corrected chi connectivity index (χ2v) is 7.36. The van der Waals surface area contributed by atoms with Gasteiger partial charge in [0.15, 0.2) is 0 Å². The third kappa shape index (κ3) is 2.49. The molecule has 0 radical (unpaired) electrons. The minimum Gasteiger partial charge on any atom is -0.354 e. The smallest absolute Gasteiger partial charge is 0.223 e. The van der Waals surface area contributed by atoms with Crippen LogP contribution >= 0.6 is 0 Å². The van der Waals surface area contributed by atoms with E-state index in [2.05, 4.69) is 34.9 Å². The highest BCUT2D eigenvalue weighted by molar-refractivity contribution is 5.81. The maximum atomic E-state index is 12.2. The maximum Gasteiger partial charge on any atom is 0.223 e. The zero-order valence-electron chi connectivity index (χ0n) is 12.8. The highest BCUT2D eigenvalue weighted by atomic mass is 16.2. The second-order valence-electron chi connectivity index (χ2n) is 7.36. The summed E-state index contributed by atoms with van der Waals surface area (Å²) in [4.78, 5) is 24.3. The zero-order chi connectivity index (χ0) is 15.1. The Labute approximate surface area is 131 Å².